The third kappa shape index (κ3) is 2.55. The number of amides is 1. The molecule has 1 aromatic rings. The van der Waals surface area contributed by atoms with Crippen LogP contribution < -0.4 is 10.2 Å². The molecule has 2 fully saturated rings. The molecular formula is C14H20N4O. The Balaban J connectivity index is 1.67. The Bertz CT molecular complexity index is 480. The molecule has 3 rings (SSSR count). The summed E-state index contributed by atoms with van der Waals surface area (Å²) in [4.78, 5) is 22.6. The predicted octanol–water partition coefficient (Wildman–Crippen LogP) is 1.42. The summed E-state index contributed by atoms with van der Waals surface area (Å²) in [5, 5.41) is 3.21. The maximum absolute atomic E-state index is 11.6. The van der Waals surface area contributed by atoms with Gasteiger partial charge in [0.25, 0.3) is 0 Å². The molecule has 5 nitrogen and oxygen atoms in total. The van der Waals surface area contributed by atoms with Crippen molar-refractivity contribution in [3.8, 4) is 0 Å². The number of carbonyl (C=O) groups is 1. The average molecular weight is 260 g/mol. The lowest BCUT2D eigenvalue weighted by Gasteiger charge is -2.44. The zero-order valence-electron chi connectivity index (χ0n) is 11.4. The fraction of sp³-hybridized carbons (Fsp3) is 0.643. The van der Waals surface area contributed by atoms with Gasteiger partial charge in [0.15, 0.2) is 0 Å². The Hall–Kier alpha value is -1.65. The van der Waals surface area contributed by atoms with Crippen molar-refractivity contribution in [1.82, 2.24) is 15.3 Å². The quantitative estimate of drug-likeness (QED) is 0.829. The van der Waals surface area contributed by atoms with E-state index in [0.29, 0.717) is 6.42 Å². The van der Waals surface area contributed by atoms with E-state index >= 15 is 0 Å². The molecular weight excluding hydrogens is 240 g/mol. The zero-order valence-corrected chi connectivity index (χ0v) is 11.4. The molecule has 2 aliphatic heterocycles. The highest BCUT2D eigenvalue weighted by molar-refractivity contribution is 5.77. The lowest BCUT2D eigenvalue weighted by molar-refractivity contribution is -0.125. The molecule has 3 heterocycles. The smallest absolute Gasteiger partial charge is 0.225 e. The van der Waals surface area contributed by atoms with E-state index in [-0.39, 0.29) is 11.4 Å². The van der Waals surface area contributed by atoms with E-state index in [1.807, 2.05) is 19.2 Å². The van der Waals surface area contributed by atoms with Crippen LogP contribution in [0.15, 0.2) is 12.3 Å². The van der Waals surface area contributed by atoms with Crippen LogP contribution in [0.5, 0.6) is 0 Å². The monoisotopic (exact) mass is 260 g/mol. The molecule has 0 saturated carbocycles. The highest BCUT2D eigenvalue weighted by Gasteiger charge is 2.38. The maximum Gasteiger partial charge on any atom is 0.225 e. The summed E-state index contributed by atoms with van der Waals surface area (Å²) in [6, 6.07) is 1.91. The Morgan fingerprint density at radius 2 is 2.11 bits per heavy atom. The minimum absolute atomic E-state index is 0.0374. The molecule has 5 heteroatoms. The summed E-state index contributed by atoms with van der Waals surface area (Å²) in [6.07, 6.45) is 6.62. The Morgan fingerprint density at radius 1 is 1.32 bits per heavy atom. The minimum atomic E-state index is 0.0374. The van der Waals surface area contributed by atoms with E-state index in [9.17, 15) is 4.79 Å². The van der Waals surface area contributed by atoms with Crippen LogP contribution in [-0.2, 0) is 4.79 Å². The van der Waals surface area contributed by atoms with Crippen molar-refractivity contribution >= 4 is 11.9 Å². The first-order chi connectivity index (χ1) is 9.17. The number of aryl methyl sites for hydroxylation is 1. The van der Waals surface area contributed by atoms with Crippen molar-refractivity contribution in [3.05, 3.63) is 18.0 Å². The van der Waals surface area contributed by atoms with Gasteiger partial charge in [0.1, 0.15) is 0 Å². The van der Waals surface area contributed by atoms with Crippen molar-refractivity contribution in [2.24, 2.45) is 0 Å². The van der Waals surface area contributed by atoms with E-state index in [1.54, 1.807) is 0 Å². The van der Waals surface area contributed by atoms with Gasteiger partial charge in [-0.25, -0.2) is 9.97 Å². The molecule has 2 aliphatic rings. The van der Waals surface area contributed by atoms with Crippen molar-refractivity contribution < 1.29 is 4.79 Å². The van der Waals surface area contributed by atoms with Crippen molar-refractivity contribution in [1.29, 1.82) is 0 Å². The van der Waals surface area contributed by atoms with Crippen LogP contribution in [-0.4, -0.2) is 34.5 Å². The Kier molecular flexibility index (Phi) is 3.12. The molecule has 0 aromatic carbocycles. The van der Waals surface area contributed by atoms with E-state index in [2.05, 4.69) is 20.2 Å². The number of nitrogens with one attached hydrogen (secondary N) is 1. The second-order valence-corrected chi connectivity index (χ2v) is 5.67. The first-order valence-corrected chi connectivity index (χ1v) is 7.03. The topological polar surface area (TPSA) is 58.1 Å². The number of hydrogen-bond donors (Lipinski definition) is 1. The highest BCUT2D eigenvalue weighted by atomic mass is 16.1. The molecule has 1 aromatic heterocycles. The van der Waals surface area contributed by atoms with E-state index in [0.717, 1.165) is 50.4 Å². The second kappa shape index (κ2) is 4.79. The van der Waals surface area contributed by atoms with Crippen LogP contribution >= 0.6 is 0 Å². The van der Waals surface area contributed by atoms with E-state index in [1.165, 1.54) is 0 Å². The molecule has 1 N–H and O–H groups in total. The molecule has 0 atom stereocenters. The predicted molar refractivity (Wildman–Crippen MR) is 72.9 cm³/mol. The van der Waals surface area contributed by atoms with Gasteiger partial charge in [-0.15, -0.1) is 0 Å². The SMILES string of the molecule is Cc1ccnc(N2CCC3(CCCC(=O)N3)CC2)n1. The van der Waals surface area contributed by atoms with Crippen LogP contribution in [0.3, 0.4) is 0 Å². The summed E-state index contributed by atoms with van der Waals surface area (Å²) in [5.41, 5.74) is 1.03. The number of nitrogens with zero attached hydrogens (tertiary/aromatic N) is 3. The Morgan fingerprint density at radius 3 is 2.79 bits per heavy atom. The molecule has 0 aliphatic carbocycles. The van der Waals surface area contributed by atoms with Gasteiger partial charge >= 0.3 is 0 Å². The van der Waals surface area contributed by atoms with Gasteiger partial charge in [-0.1, -0.05) is 0 Å². The Labute approximate surface area is 113 Å². The van der Waals surface area contributed by atoms with Crippen LogP contribution in [0, 0.1) is 6.92 Å². The lowest BCUT2D eigenvalue weighted by atomic mass is 9.80. The summed E-state index contributed by atoms with van der Waals surface area (Å²) >= 11 is 0. The van der Waals surface area contributed by atoms with Crippen molar-refractivity contribution in [3.63, 3.8) is 0 Å². The number of aromatic nitrogens is 2. The van der Waals surface area contributed by atoms with E-state index in [4.69, 9.17) is 0 Å². The molecule has 2 saturated heterocycles. The first kappa shape index (κ1) is 12.4. The fourth-order valence-electron chi connectivity index (χ4n) is 3.11. The number of anilines is 1. The molecule has 102 valence electrons. The fourth-order valence-corrected chi connectivity index (χ4v) is 3.11. The molecule has 0 radical (unpaired) electrons. The number of rotatable bonds is 1. The normalized spacial score (nSPS) is 22.4. The van der Waals surface area contributed by atoms with Gasteiger partial charge in [-0.05, 0) is 38.7 Å². The van der Waals surface area contributed by atoms with E-state index < -0.39 is 0 Å². The number of carbonyl (C=O) groups excluding carboxylic acids is 1. The lowest BCUT2D eigenvalue weighted by Crippen LogP contribution is -2.57. The standard InChI is InChI=1S/C14H20N4O/c1-11-4-8-15-13(16-11)18-9-6-14(7-10-18)5-2-3-12(19)17-14/h4,8H,2-3,5-7,9-10H2,1H3,(H,17,19). The summed E-state index contributed by atoms with van der Waals surface area (Å²) in [5.74, 6) is 1.03. The van der Waals surface area contributed by atoms with Gasteiger partial charge < -0.3 is 10.2 Å². The van der Waals surface area contributed by atoms with Gasteiger partial charge in [0.2, 0.25) is 11.9 Å². The van der Waals surface area contributed by atoms with Gasteiger partial charge in [0.05, 0.1) is 0 Å². The van der Waals surface area contributed by atoms with Gasteiger partial charge in [-0.2, -0.15) is 0 Å². The minimum Gasteiger partial charge on any atom is -0.351 e. The molecule has 0 unspecified atom stereocenters. The molecule has 19 heavy (non-hydrogen) atoms. The molecule has 1 amide bonds. The number of hydrogen-bond acceptors (Lipinski definition) is 4. The number of piperidine rings is 2. The zero-order chi connectivity index (χ0) is 13.3. The molecule has 0 bridgehead atoms. The first-order valence-electron chi connectivity index (χ1n) is 7.03. The maximum atomic E-state index is 11.6. The third-order valence-electron chi connectivity index (χ3n) is 4.25. The summed E-state index contributed by atoms with van der Waals surface area (Å²) in [7, 11) is 0. The van der Waals surface area contributed by atoms with Crippen LogP contribution in [0.25, 0.3) is 0 Å². The van der Waals surface area contributed by atoms with Crippen LogP contribution in [0.4, 0.5) is 5.95 Å². The van der Waals surface area contributed by atoms with Gasteiger partial charge in [-0.3, -0.25) is 4.79 Å². The van der Waals surface area contributed by atoms with Crippen LogP contribution in [0.1, 0.15) is 37.8 Å². The summed E-state index contributed by atoms with van der Waals surface area (Å²) < 4.78 is 0. The van der Waals surface area contributed by atoms with Gasteiger partial charge in [0, 0.05) is 36.9 Å². The van der Waals surface area contributed by atoms with Crippen molar-refractivity contribution in [2.75, 3.05) is 18.0 Å². The highest BCUT2D eigenvalue weighted by Crippen LogP contribution is 2.31. The second-order valence-electron chi connectivity index (χ2n) is 5.67. The van der Waals surface area contributed by atoms with Crippen molar-refractivity contribution in [2.45, 2.75) is 44.6 Å². The largest absolute Gasteiger partial charge is 0.351 e. The van der Waals surface area contributed by atoms with Crippen LogP contribution in [0.2, 0.25) is 0 Å². The average Bonchev–Trinajstić information content (AvgIpc) is 2.39. The third-order valence-corrected chi connectivity index (χ3v) is 4.25. The summed E-state index contributed by atoms with van der Waals surface area (Å²) in [6.45, 7) is 3.82. The molecule has 1 spiro atoms.